The molecule has 0 saturated carbocycles. The fourth-order valence-electron chi connectivity index (χ4n) is 3.87. The quantitative estimate of drug-likeness (QED) is 0.434. The van der Waals surface area contributed by atoms with E-state index in [9.17, 15) is 10.1 Å². The number of esters is 1. The molecule has 4 rings (SSSR count). The van der Waals surface area contributed by atoms with Crippen LogP contribution in [0.1, 0.15) is 39.8 Å². The van der Waals surface area contributed by atoms with Crippen molar-refractivity contribution in [3.63, 3.8) is 0 Å². The maximum Gasteiger partial charge on any atom is 0.339 e. The van der Waals surface area contributed by atoms with E-state index in [1.807, 2.05) is 49.4 Å². The number of hydrogen-bond acceptors (Lipinski definition) is 4. The lowest BCUT2D eigenvalue weighted by Crippen LogP contribution is -2.06. The minimum atomic E-state index is -0.368. The molecule has 0 aliphatic carbocycles. The summed E-state index contributed by atoms with van der Waals surface area (Å²) in [5.74, 6) is -0.368. The summed E-state index contributed by atoms with van der Waals surface area (Å²) in [4.78, 5) is 12.5. The third kappa shape index (κ3) is 2.15. The van der Waals surface area contributed by atoms with Crippen LogP contribution in [0.5, 0.6) is 0 Å². The van der Waals surface area contributed by atoms with E-state index in [-0.39, 0.29) is 5.97 Å². The Hall–Kier alpha value is -3.46. The molecular weight excluding hydrogens is 340 g/mol. The number of rotatable bonds is 2. The normalized spacial score (nSPS) is 11.4. The van der Waals surface area contributed by atoms with Crippen molar-refractivity contribution in [3.8, 4) is 6.07 Å². The van der Waals surface area contributed by atoms with Crippen molar-refractivity contribution in [2.75, 3.05) is 12.3 Å². The Labute approximate surface area is 156 Å². The van der Waals surface area contributed by atoms with E-state index in [2.05, 4.69) is 10.5 Å². The van der Waals surface area contributed by atoms with Crippen LogP contribution in [0.4, 0.5) is 5.69 Å². The summed E-state index contributed by atoms with van der Waals surface area (Å²) in [6.07, 6.45) is 0. The molecule has 3 aromatic heterocycles. The van der Waals surface area contributed by atoms with Gasteiger partial charge in [0.2, 0.25) is 0 Å². The van der Waals surface area contributed by atoms with Gasteiger partial charge in [0.25, 0.3) is 0 Å². The Bertz CT molecular complexity index is 1300. The zero-order chi connectivity index (χ0) is 19.5. The van der Waals surface area contributed by atoms with E-state index in [0.29, 0.717) is 23.4 Å². The SMILES string of the molecule is CCOC(=O)c1cc2c3cc(N)ccc3n3c(C)c(C)c(C#N)c3n2c1C. The fraction of sp³-hybridized carbons (Fsp3) is 0.238. The number of benzene rings is 1. The van der Waals surface area contributed by atoms with E-state index in [1.165, 1.54) is 0 Å². The first-order chi connectivity index (χ1) is 12.9. The van der Waals surface area contributed by atoms with E-state index in [0.717, 1.165) is 39.0 Å². The first-order valence-corrected chi connectivity index (χ1v) is 8.82. The number of nitrogens with two attached hydrogens (primary N) is 1. The Morgan fingerprint density at radius 2 is 1.85 bits per heavy atom. The molecule has 0 aliphatic heterocycles. The van der Waals surface area contributed by atoms with Gasteiger partial charge in [-0.1, -0.05) is 0 Å². The molecule has 0 unspecified atom stereocenters. The Kier molecular flexibility index (Phi) is 3.63. The average Bonchev–Trinajstić information content (AvgIpc) is 3.11. The van der Waals surface area contributed by atoms with E-state index < -0.39 is 0 Å². The number of carbonyl (C=O) groups excluding carboxylic acids is 1. The molecule has 0 aliphatic rings. The molecule has 0 atom stereocenters. The Balaban J connectivity index is 2.33. The molecule has 0 spiro atoms. The lowest BCUT2D eigenvalue weighted by Gasteiger charge is -2.11. The summed E-state index contributed by atoms with van der Waals surface area (Å²) in [6, 6.07) is 9.87. The van der Waals surface area contributed by atoms with Gasteiger partial charge >= 0.3 is 5.97 Å². The van der Waals surface area contributed by atoms with Crippen LogP contribution in [-0.2, 0) is 4.74 Å². The van der Waals surface area contributed by atoms with Gasteiger partial charge in [0.1, 0.15) is 11.7 Å². The second kappa shape index (κ2) is 5.78. The van der Waals surface area contributed by atoms with E-state index in [1.54, 1.807) is 6.92 Å². The van der Waals surface area contributed by atoms with Crippen LogP contribution in [-0.4, -0.2) is 21.4 Å². The number of nitriles is 1. The number of anilines is 1. The van der Waals surface area contributed by atoms with Crippen molar-refractivity contribution >= 4 is 33.7 Å². The zero-order valence-corrected chi connectivity index (χ0v) is 15.8. The van der Waals surface area contributed by atoms with E-state index >= 15 is 0 Å². The molecule has 136 valence electrons. The van der Waals surface area contributed by atoms with Gasteiger partial charge in [0, 0.05) is 22.5 Å². The van der Waals surface area contributed by atoms with Gasteiger partial charge in [-0.05, 0) is 57.5 Å². The fourth-order valence-corrected chi connectivity index (χ4v) is 3.87. The summed E-state index contributed by atoms with van der Waals surface area (Å²) >= 11 is 0. The molecular formula is C21H20N4O2. The van der Waals surface area contributed by atoms with Crippen LogP contribution in [0.3, 0.4) is 0 Å². The van der Waals surface area contributed by atoms with Crippen molar-refractivity contribution in [3.05, 3.63) is 52.3 Å². The van der Waals surface area contributed by atoms with Gasteiger partial charge in [0.05, 0.1) is 28.8 Å². The van der Waals surface area contributed by atoms with Gasteiger partial charge in [-0.15, -0.1) is 0 Å². The maximum absolute atomic E-state index is 12.5. The second-order valence-corrected chi connectivity index (χ2v) is 6.72. The first-order valence-electron chi connectivity index (χ1n) is 8.82. The predicted molar refractivity (Wildman–Crippen MR) is 105 cm³/mol. The largest absolute Gasteiger partial charge is 0.462 e. The number of ether oxygens (including phenoxy) is 1. The highest BCUT2D eigenvalue weighted by molar-refractivity contribution is 6.03. The smallest absolute Gasteiger partial charge is 0.339 e. The Morgan fingerprint density at radius 1 is 1.15 bits per heavy atom. The van der Waals surface area contributed by atoms with Crippen LogP contribution < -0.4 is 5.73 Å². The van der Waals surface area contributed by atoms with Crippen LogP contribution in [0.25, 0.3) is 22.1 Å². The molecule has 6 heteroatoms. The molecule has 6 nitrogen and oxygen atoms in total. The average molecular weight is 360 g/mol. The minimum Gasteiger partial charge on any atom is -0.462 e. The van der Waals surface area contributed by atoms with Crippen molar-refractivity contribution in [1.82, 2.24) is 8.80 Å². The summed E-state index contributed by atoms with van der Waals surface area (Å²) in [5, 5.41) is 10.7. The molecule has 27 heavy (non-hydrogen) atoms. The molecule has 0 amide bonds. The van der Waals surface area contributed by atoms with Crippen LogP contribution in [0, 0.1) is 32.1 Å². The number of hydrogen-bond donors (Lipinski definition) is 1. The van der Waals surface area contributed by atoms with Gasteiger partial charge in [-0.25, -0.2) is 4.79 Å². The van der Waals surface area contributed by atoms with Crippen molar-refractivity contribution in [2.45, 2.75) is 27.7 Å². The van der Waals surface area contributed by atoms with Crippen LogP contribution >= 0.6 is 0 Å². The number of carbonyl (C=O) groups is 1. The molecule has 3 heterocycles. The highest BCUT2D eigenvalue weighted by atomic mass is 16.5. The highest BCUT2D eigenvalue weighted by Gasteiger charge is 2.23. The van der Waals surface area contributed by atoms with Gasteiger partial charge in [-0.2, -0.15) is 5.26 Å². The standard InChI is InChI=1S/C21H20N4O2/c1-5-27-21(26)15-9-19-16-8-14(23)6-7-18(16)24-12(3)11(2)17(10-22)20(24)25(19)13(15)4/h6-9H,5,23H2,1-4H3. The summed E-state index contributed by atoms with van der Waals surface area (Å²) < 4.78 is 9.25. The highest BCUT2D eigenvalue weighted by Crippen LogP contribution is 2.34. The molecule has 0 radical (unpaired) electrons. The second-order valence-electron chi connectivity index (χ2n) is 6.72. The molecule has 0 saturated heterocycles. The lowest BCUT2D eigenvalue weighted by molar-refractivity contribution is 0.0525. The van der Waals surface area contributed by atoms with Gasteiger partial charge in [-0.3, -0.25) is 8.80 Å². The number of nitrogens with zero attached hydrogens (tertiary/aromatic N) is 3. The van der Waals surface area contributed by atoms with Gasteiger partial charge in [0.15, 0.2) is 0 Å². The van der Waals surface area contributed by atoms with E-state index in [4.69, 9.17) is 10.5 Å². The predicted octanol–water partition coefficient (Wildman–Crippen LogP) is 3.90. The lowest BCUT2D eigenvalue weighted by atomic mass is 10.1. The number of aromatic nitrogens is 2. The number of nitrogen functional groups attached to an aromatic ring is 1. The van der Waals surface area contributed by atoms with Gasteiger partial charge < -0.3 is 10.5 Å². The summed E-state index contributed by atoms with van der Waals surface area (Å²) in [6.45, 7) is 7.90. The monoisotopic (exact) mass is 360 g/mol. The van der Waals surface area contributed by atoms with Crippen molar-refractivity contribution in [2.24, 2.45) is 0 Å². The minimum absolute atomic E-state index is 0.306. The van der Waals surface area contributed by atoms with Crippen molar-refractivity contribution in [1.29, 1.82) is 5.26 Å². The topological polar surface area (TPSA) is 84.9 Å². The third-order valence-electron chi connectivity index (χ3n) is 5.29. The first kappa shape index (κ1) is 17.0. The van der Waals surface area contributed by atoms with Crippen molar-refractivity contribution < 1.29 is 9.53 Å². The summed E-state index contributed by atoms with van der Waals surface area (Å²) in [5.41, 5.74) is 13.0. The maximum atomic E-state index is 12.5. The number of fused-ring (bicyclic) bond motifs is 6. The molecule has 0 fully saturated rings. The molecule has 4 aromatic rings. The molecule has 2 N–H and O–H groups in total. The zero-order valence-electron chi connectivity index (χ0n) is 15.8. The third-order valence-corrected chi connectivity index (χ3v) is 5.29. The molecule has 1 aromatic carbocycles. The summed E-state index contributed by atoms with van der Waals surface area (Å²) in [7, 11) is 0. The number of aryl methyl sites for hydroxylation is 2. The Morgan fingerprint density at radius 3 is 2.52 bits per heavy atom. The van der Waals surface area contributed by atoms with Crippen LogP contribution in [0.2, 0.25) is 0 Å². The van der Waals surface area contributed by atoms with Crippen LogP contribution in [0.15, 0.2) is 24.3 Å². The molecule has 0 bridgehead atoms.